The highest BCUT2D eigenvalue weighted by Crippen LogP contribution is 2.37. The first-order chi connectivity index (χ1) is 29.6. The van der Waals surface area contributed by atoms with Crippen molar-refractivity contribution in [1.82, 2.24) is 39.5 Å². The molecule has 1 atom stereocenters. The molecular formula is C43H42F2N10O6. The van der Waals surface area contributed by atoms with Gasteiger partial charge in [0, 0.05) is 73.5 Å². The molecule has 5 aromatic rings. The van der Waals surface area contributed by atoms with Gasteiger partial charge in [-0.2, -0.15) is 10.2 Å². The number of halogens is 2. The molecule has 0 spiro atoms. The molecule has 6 heterocycles. The van der Waals surface area contributed by atoms with Gasteiger partial charge >= 0.3 is 0 Å². The minimum Gasteiger partial charge on any atom is -0.491 e. The Balaban J connectivity index is 0.796. The summed E-state index contributed by atoms with van der Waals surface area (Å²) in [5.74, 6) is -1.61. The van der Waals surface area contributed by atoms with E-state index < -0.39 is 36.1 Å². The maximum atomic E-state index is 14.0. The van der Waals surface area contributed by atoms with Crippen molar-refractivity contribution in [1.29, 1.82) is 0 Å². The third-order valence-corrected chi connectivity index (χ3v) is 12.4. The van der Waals surface area contributed by atoms with Crippen molar-refractivity contribution >= 4 is 63.7 Å². The van der Waals surface area contributed by atoms with Crippen LogP contribution < -0.4 is 20.3 Å². The standard InChI is InChI=1S/C43H42F2N10O6/c44-37(45)22-53(29-20-51(21-29)28-8-9-30-31(15-28)43(60)55(42(30)59)35-10-11-38(56)49-41(35)58)27-6-4-24(5-7-27)18-52-19-26-14-34(36(16-33(26)50-52)61-23-25-2-3-25)48-40(57)32-17-47-54-13-1-12-46-39(32)54/h1,8-9,12-19,25,27,29,35,37H,2-7,10-11,20-23H2,(H,48,57)(H,49,56,58). The van der Waals surface area contributed by atoms with Crippen LogP contribution in [-0.2, 0) is 9.59 Å². The second kappa shape index (κ2) is 15.5. The van der Waals surface area contributed by atoms with E-state index in [1.807, 2.05) is 34.3 Å². The van der Waals surface area contributed by atoms with Gasteiger partial charge in [0.2, 0.25) is 11.8 Å². The molecule has 2 saturated heterocycles. The summed E-state index contributed by atoms with van der Waals surface area (Å²) < 4.78 is 37.6. The average molecular weight is 833 g/mol. The van der Waals surface area contributed by atoms with Gasteiger partial charge in [-0.25, -0.2) is 23.0 Å². The van der Waals surface area contributed by atoms with Gasteiger partial charge in [0.1, 0.15) is 17.4 Å². The SMILES string of the molecule is O=C1CCC(N2C(=O)c3ccc(N4CC(N(CC(F)F)C5CCC(=Cn6cc7cc(NC(=O)c8cnn9cccnc89)c(OCC8CC8)cc7n6)CC5)C4)cc3C2=O)C(=O)N1. The summed E-state index contributed by atoms with van der Waals surface area (Å²) in [4.78, 5) is 73.3. The maximum absolute atomic E-state index is 14.0. The zero-order chi connectivity index (χ0) is 41.9. The lowest BCUT2D eigenvalue weighted by atomic mass is 9.88. The molecular weight excluding hydrogens is 791 g/mol. The summed E-state index contributed by atoms with van der Waals surface area (Å²) in [5.41, 5.74) is 4.23. The minimum atomic E-state index is -2.51. The Kier molecular flexibility index (Phi) is 9.80. The fraction of sp³-hybridized carbons (Fsp3) is 0.395. The second-order valence-corrected chi connectivity index (χ2v) is 16.5. The number of carbonyl (C=O) groups excluding carboxylic acids is 5. The number of hydrogen-bond acceptors (Lipinski definition) is 11. The molecule has 10 rings (SSSR count). The van der Waals surface area contributed by atoms with Gasteiger partial charge in [0.05, 0.1) is 41.7 Å². The second-order valence-electron chi connectivity index (χ2n) is 16.5. The zero-order valence-electron chi connectivity index (χ0n) is 33.0. The van der Waals surface area contributed by atoms with Crippen molar-refractivity contribution in [2.45, 2.75) is 75.9 Å². The van der Waals surface area contributed by atoms with Gasteiger partial charge in [-0.1, -0.05) is 5.57 Å². The van der Waals surface area contributed by atoms with Crippen LogP contribution in [-0.4, -0.2) is 115 Å². The monoisotopic (exact) mass is 832 g/mol. The highest BCUT2D eigenvalue weighted by atomic mass is 19.3. The van der Waals surface area contributed by atoms with Crippen LogP contribution in [0.15, 0.2) is 66.8 Å². The van der Waals surface area contributed by atoms with E-state index in [-0.39, 0.29) is 48.5 Å². The molecule has 2 N–H and O–H groups in total. The van der Waals surface area contributed by atoms with Crippen molar-refractivity contribution < 1.29 is 37.5 Å². The molecule has 2 aliphatic carbocycles. The number of allylic oxidation sites excluding steroid dienone is 1. The lowest BCUT2D eigenvalue weighted by molar-refractivity contribution is -0.136. The van der Waals surface area contributed by atoms with Gasteiger partial charge in [-0.05, 0) is 81.2 Å². The number of hydrogen-bond donors (Lipinski definition) is 2. The number of benzene rings is 2. The van der Waals surface area contributed by atoms with Crippen LogP contribution in [0.2, 0.25) is 0 Å². The highest BCUT2D eigenvalue weighted by Gasteiger charge is 2.45. The number of alkyl halides is 2. The first-order valence-electron chi connectivity index (χ1n) is 20.7. The summed E-state index contributed by atoms with van der Waals surface area (Å²) >= 11 is 0. The molecule has 314 valence electrons. The van der Waals surface area contributed by atoms with Crippen molar-refractivity contribution in [3.63, 3.8) is 0 Å². The third kappa shape index (κ3) is 7.49. The fourth-order valence-electron chi connectivity index (χ4n) is 8.93. The van der Waals surface area contributed by atoms with Gasteiger partial charge in [0.15, 0.2) is 5.65 Å². The van der Waals surface area contributed by atoms with Gasteiger partial charge in [-0.15, -0.1) is 0 Å². The van der Waals surface area contributed by atoms with Crippen molar-refractivity contribution in [2.75, 3.05) is 36.5 Å². The molecule has 2 aromatic carbocycles. The molecule has 1 unspecified atom stereocenters. The van der Waals surface area contributed by atoms with Crippen LogP contribution in [0, 0.1) is 5.92 Å². The Morgan fingerprint density at radius 1 is 0.984 bits per heavy atom. The van der Waals surface area contributed by atoms with E-state index in [9.17, 15) is 32.8 Å². The topological polar surface area (TPSA) is 176 Å². The van der Waals surface area contributed by atoms with Crippen LogP contribution in [0.3, 0.4) is 0 Å². The Morgan fingerprint density at radius 3 is 2.56 bits per heavy atom. The summed E-state index contributed by atoms with van der Waals surface area (Å²) in [6, 6.07) is 9.15. The minimum absolute atomic E-state index is 0.0341. The first-order valence-corrected chi connectivity index (χ1v) is 20.7. The number of amides is 5. The maximum Gasteiger partial charge on any atom is 0.262 e. The van der Waals surface area contributed by atoms with Gasteiger partial charge in [0.25, 0.3) is 24.1 Å². The molecule has 4 fully saturated rings. The van der Waals surface area contributed by atoms with E-state index in [0.717, 1.165) is 28.7 Å². The molecule has 0 bridgehead atoms. The number of nitrogens with one attached hydrogen (secondary N) is 2. The summed E-state index contributed by atoms with van der Waals surface area (Å²) in [7, 11) is 0. The predicted octanol–water partition coefficient (Wildman–Crippen LogP) is 4.76. The average Bonchev–Trinajstić information content (AvgIpc) is 3.74. The normalized spacial score (nSPS) is 20.8. The molecule has 5 aliphatic rings. The van der Waals surface area contributed by atoms with E-state index >= 15 is 0 Å². The smallest absolute Gasteiger partial charge is 0.262 e. The Hall–Kier alpha value is -6.56. The number of carbonyl (C=O) groups is 5. The number of imide groups is 2. The number of fused-ring (bicyclic) bond motifs is 3. The largest absolute Gasteiger partial charge is 0.491 e. The summed E-state index contributed by atoms with van der Waals surface area (Å²) in [6.07, 6.45) is 11.4. The molecule has 61 heavy (non-hydrogen) atoms. The number of rotatable bonds is 12. The van der Waals surface area contributed by atoms with E-state index in [4.69, 9.17) is 9.84 Å². The molecule has 16 nitrogen and oxygen atoms in total. The lowest BCUT2D eigenvalue weighted by Gasteiger charge is -2.50. The summed E-state index contributed by atoms with van der Waals surface area (Å²) in [6.45, 7) is 1.16. The van der Waals surface area contributed by atoms with E-state index in [1.54, 1.807) is 45.9 Å². The highest BCUT2D eigenvalue weighted by molar-refractivity contribution is 6.23. The van der Waals surface area contributed by atoms with Crippen molar-refractivity contribution in [3.05, 3.63) is 83.4 Å². The number of aromatic nitrogens is 5. The molecule has 3 aliphatic heterocycles. The van der Waals surface area contributed by atoms with Crippen molar-refractivity contribution in [2.24, 2.45) is 5.92 Å². The van der Waals surface area contributed by atoms with E-state index in [2.05, 4.69) is 20.7 Å². The predicted molar refractivity (Wildman–Crippen MR) is 217 cm³/mol. The summed E-state index contributed by atoms with van der Waals surface area (Å²) in [5, 5.41) is 15.1. The third-order valence-electron chi connectivity index (χ3n) is 12.4. The van der Waals surface area contributed by atoms with Crippen LogP contribution in [0.25, 0.3) is 22.8 Å². The Morgan fingerprint density at radius 2 is 1.79 bits per heavy atom. The lowest BCUT2D eigenvalue weighted by Crippen LogP contribution is -2.63. The first kappa shape index (κ1) is 38.6. The molecule has 5 amide bonds. The van der Waals surface area contributed by atoms with Crippen LogP contribution in [0.1, 0.15) is 82.4 Å². The number of nitrogens with zero attached hydrogens (tertiary/aromatic N) is 8. The Bertz CT molecular complexity index is 2640. The van der Waals surface area contributed by atoms with Crippen LogP contribution in [0.5, 0.6) is 5.75 Å². The van der Waals surface area contributed by atoms with Gasteiger partial charge < -0.3 is 15.0 Å². The van der Waals surface area contributed by atoms with E-state index in [1.165, 1.54) is 6.20 Å². The molecule has 0 radical (unpaired) electrons. The molecule has 2 saturated carbocycles. The zero-order valence-corrected chi connectivity index (χ0v) is 33.0. The number of piperidine rings is 1. The fourth-order valence-corrected chi connectivity index (χ4v) is 8.93. The van der Waals surface area contributed by atoms with Crippen LogP contribution in [0.4, 0.5) is 20.2 Å². The molecule has 18 heteroatoms. The van der Waals surface area contributed by atoms with Crippen molar-refractivity contribution in [3.8, 4) is 5.75 Å². The number of ether oxygens (including phenoxy) is 1. The van der Waals surface area contributed by atoms with E-state index in [0.29, 0.717) is 85.1 Å². The molecule has 3 aromatic heterocycles. The quantitative estimate of drug-likeness (QED) is 0.166. The van der Waals surface area contributed by atoms with Crippen LogP contribution >= 0.6 is 0 Å². The number of anilines is 2. The van der Waals surface area contributed by atoms with Gasteiger partial charge in [-0.3, -0.25) is 39.1 Å². The Labute approximate surface area is 347 Å².